The molecule has 1 heterocycles. The first-order valence-electron chi connectivity index (χ1n) is 9.62. The fraction of sp³-hybridized carbons (Fsp3) is 0.318. The molecule has 9 heteroatoms. The largest absolute Gasteiger partial charge is 0.492 e. The van der Waals surface area contributed by atoms with E-state index in [0.29, 0.717) is 41.7 Å². The first-order chi connectivity index (χ1) is 14.4. The monoisotopic (exact) mass is 463 g/mol. The number of para-hydroxylation sites is 1. The third-order valence-electron chi connectivity index (χ3n) is 4.47. The molecule has 166 valence electrons. The minimum absolute atomic E-state index is 0. The average Bonchev–Trinajstić information content (AvgIpc) is 3.18. The van der Waals surface area contributed by atoms with Gasteiger partial charge in [0.2, 0.25) is 0 Å². The number of thiazole rings is 1. The molecule has 1 aromatic heterocycles. The minimum atomic E-state index is -0.437. The summed E-state index contributed by atoms with van der Waals surface area (Å²) in [5, 5.41) is 0.612. The number of carbonyl (C=O) groups is 2. The van der Waals surface area contributed by atoms with E-state index in [2.05, 4.69) is 0 Å². The van der Waals surface area contributed by atoms with Gasteiger partial charge in [-0.25, -0.2) is 9.78 Å². The summed E-state index contributed by atoms with van der Waals surface area (Å²) in [5.74, 6) is 0.0957. The van der Waals surface area contributed by atoms with Crippen LogP contribution in [0.1, 0.15) is 27.6 Å². The molecule has 0 aliphatic rings. The molecule has 0 atom stereocenters. The average molecular weight is 464 g/mol. The van der Waals surface area contributed by atoms with Gasteiger partial charge in [0.05, 0.1) is 24.0 Å². The highest BCUT2D eigenvalue weighted by Crippen LogP contribution is 2.34. The normalized spacial score (nSPS) is 10.6. The third kappa shape index (κ3) is 5.72. The molecule has 0 N–H and O–H groups in total. The lowest BCUT2D eigenvalue weighted by molar-refractivity contribution is 0.0600. The Hall–Kier alpha value is -2.68. The fourth-order valence-electron chi connectivity index (χ4n) is 2.91. The summed E-state index contributed by atoms with van der Waals surface area (Å²) in [6.45, 7) is 3.63. The lowest BCUT2D eigenvalue weighted by Crippen LogP contribution is -2.36. The predicted octanol–water partition coefficient (Wildman–Crippen LogP) is 4.11. The minimum Gasteiger partial charge on any atom is -0.492 e. The maximum absolute atomic E-state index is 13.3. The van der Waals surface area contributed by atoms with Gasteiger partial charge in [0.25, 0.3) is 5.91 Å². The molecular formula is C22H26ClN3O4S. The first kappa shape index (κ1) is 24.6. The second-order valence-corrected chi connectivity index (χ2v) is 7.87. The second-order valence-electron chi connectivity index (χ2n) is 6.86. The standard InChI is InChI=1S/C22H25N3O4S.ClH/c1-5-29-17-7-6-8-18-19(17)23-22(30-18)25(14-13-24(2)3)20(26)15-9-11-16(12-10-15)21(27)28-4;/h6-12H,5,13-14H2,1-4H3;1H. The van der Waals surface area contributed by atoms with Crippen LogP contribution in [0.2, 0.25) is 0 Å². The Morgan fingerprint density at radius 1 is 1.03 bits per heavy atom. The van der Waals surface area contributed by atoms with Crippen LogP contribution < -0.4 is 9.64 Å². The van der Waals surface area contributed by atoms with Gasteiger partial charge >= 0.3 is 5.97 Å². The molecule has 0 radical (unpaired) electrons. The number of benzene rings is 2. The van der Waals surface area contributed by atoms with E-state index in [0.717, 1.165) is 10.2 Å². The van der Waals surface area contributed by atoms with Gasteiger partial charge in [-0.15, -0.1) is 12.4 Å². The summed E-state index contributed by atoms with van der Waals surface area (Å²) in [5.41, 5.74) is 1.63. The number of nitrogens with zero attached hydrogens (tertiary/aromatic N) is 3. The van der Waals surface area contributed by atoms with Gasteiger partial charge < -0.3 is 14.4 Å². The number of likely N-dealkylation sites (N-methyl/N-ethyl adjacent to an activating group) is 1. The van der Waals surface area contributed by atoms with Crippen molar-refractivity contribution in [3.63, 3.8) is 0 Å². The van der Waals surface area contributed by atoms with Gasteiger partial charge in [0.1, 0.15) is 11.3 Å². The molecule has 0 bridgehead atoms. The number of methoxy groups -OCH3 is 1. The van der Waals surface area contributed by atoms with Crippen LogP contribution in [0.15, 0.2) is 42.5 Å². The van der Waals surface area contributed by atoms with Crippen molar-refractivity contribution in [1.82, 2.24) is 9.88 Å². The van der Waals surface area contributed by atoms with E-state index in [9.17, 15) is 9.59 Å². The van der Waals surface area contributed by atoms with Crippen LogP contribution >= 0.6 is 23.7 Å². The maximum Gasteiger partial charge on any atom is 0.337 e. The number of aromatic nitrogens is 1. The Kier molecular flexibility index (Phi) is 8.79. The SMILES string of the molecule is CCOc1cccc2sc(N(CCN(C)C)C(=O)c3ccc(C(=O)OC)cc3)nc12.Cl. The number of amides is 1. The van der Waals surface area contributed by atoms with Gasteiger partial charge in [0.15, 0.2) is 5.13 Å². The van der Waals surface area contributed by atoms with Crippen LogP contribution in [0.5, 0.6) is 5.75 Å². The summed E-state index contributed by atoms with van der Waals surface area (Å²) in [6.07, 6.45) is 0. The molecule has 3 aromatic rings. The molecule has 1 amide bonds. The molecule has 31 heavy (non-hydrogen) atoms. The van der Waals surface area contributed by atoms with Crippen molar-refractivity contribution in [3.05, 3.63) is 53.6 Å². The molecular weight excluding hydrogens is 438 g/mol. The first-order valence-corrected chi connectivity index (χ1v) is 10.4. The number of fused-ring (bicyclic) bond motifs is 1. The third-order valence-corrected chi connectivity index (χ3v) is 5.51. The second kappa shape index (κ2) is 11.1. The highest BCUT2D eigenvalue weighted by Gasteiger charge is 2.22. The highest BCUT2D eigenvalue weighted by molar-refractivity contribution is 7.22. The van der Waals surface area contributed by atoms with E-state index in [-0.39, 0.29) is 18.3 Å². The van der Waals surface area contributed by atoms with Gasteiger partial charge in [-0.2, -0.15) is 0 Å². The molecule has 0 aliphatic heterocycles. The molecule has 3 rings (SSSR count). The molecule has 0 unspecified atom stereocenters. The van der Waals surface area contributed by atoms with Crippen molar-refractivity contribution in [2.24, 2.45) is 0 Å². The van der Waals surface area contributed by atoms with Gasteiger partial charge in [-0.3, -0.25) is 9.69 Å². The number of anilines is 1. The van der Waals surface area contributed by atoms with Crippen molar-refractivity contribution in [3.8, 4) is 5.75 Å². The van der Waals surface area contributed by atoms with Crippen molar-refractivity contribution in [2.45, 2.75) is 6.92 Å². The molecule has 0 aliphatic carbocycles. The van der Waals surface area contributed by atoms with E-state index in [1.54, 1.807) is 29.2 Å². The van der Waals surface area contributed by atoms with Crippen LogP contribution in [0.4, 0.5) is 5.13 Å². The lowest BCUT2D eigenvalue weighted by atomic mass is 10.1. The van der Waals surface area contributed by atoms with Crippen LogP contribution in [-0.4, -0.2) is 62.7 Å². The Balaban J connectivity index is 0.00000341. The van der Waals surface area contributed by atoms with Crippen LogP contribution in [-0.2, 0) is 4.74 Å². The number of ether oxygens (including phenoxy) is 2. The van der Waals surface area contributed by atoms with E-state index in [1.807, 2.05) is 44.1 Å². The van der Waals surface area contributed by atoms with Crippen LogP contribution in [0, 0.1) is 0 Å². The highest BCUT2D eigenvalue weighted by atomic mass is 35.5. The van der Waals surface area contributed by atoms with E-state index >= 15 is 0 Å². The Morgan fingerprint density at radius 2 is 1.71 bits per heavy atom. The van der Waals surface area contributed by atoms with Gasteiger partial charge in [-0.05, 0) is 57.4 Å². The zero-order valence-electron chi connectivity index (χ0n) is 18.0. The lowest BCUT2D eigenvalue weighted by Gasteiger charge is -2.22. The Labute approximate surface area is 192 Å². The number of hydrogen-bond donors (Lipinski definition) is 0. The van der Waals surface area contributed by atoms with Gasteiger partial charge in [0, 0.05) is 18.7 Å². The molecule has 0 saturated heterocycles. The van der Waals surface area contributed by atoms with Crippen molar-refractivity contribution in [2.75, 3.05) is 45.8 Å². The van der Waals surface area contributed by atoms with E-state index in [1.165, 1.54) is 18.4 Å². The van der Waals surface area contributed by atoms with Crippen molar-refractivity contribution < 1.29 is 19.1 Å². The summed E-state index contributed by atoms with van der Waals surface area (Å²) in [4.78, 5) is 33.4. The number of hydrogen-bond acceptors (Lipinski definition) is 7. The topological polar surface area (TPSA) is 72.0 Å². The smallest absolute Gasteiger partial charge is 0.337 e. The van der Waals surface area contributed by atoms with Crippen molar-refractivity contribution in [1.29, 1.82) is 0 Å². The zero-order valence-corrected chi connectivity index (χ0v) is 19.6. The summed E-state index contributed by atoms with van der Waals surface area (Å²) < 4.78 is 11.4. The number of carbonyl (C=O) groups excluding carboxylic acids is 2. The summed E-state index contributed by atoms with van der Waals surface area (Å²) in [6, 6.07) is 12.2. The Morgan fingerprint density at radius 3 is 2.32 bits per heavy atom. The quantitative estimate of drug-likeness (QED) is 0.468. The van der Waals surface area contributed by atoms with E-state index < -0.39 is 5.97 Å². The fourth-order valence-corrected chi connectivity index (χ4v) is 3.91. The number of esters is 1. The molecule has 0 saturated carbocycles. The van der Waals surface area contributed by atoms with Crippen LogP contribution in [0.25, 0.3) is 10.2 Å². The zero-order chi connectivity index (χ0) is 21.7. The predicted molar refractivity (Wildman–Crippen MR) is 126 cm³/mol. The molecule has 7 nitrogen and oxygen atoms in total. The van der Waals surface area contributed by atoms with Crippen LogP contribution in [0.3, 0.4) is 0 Å². The van der Waals surface area contributed by atoms with E-state index in [4.69, 9.17) is 14.5 Å². The number of halogens is 1. The van der Waals surface area contributed by atoms with Gasteiger partial charge in [-0.1, -0.05) is 17.4 Å². The molecule has 2 aromatic carbocycles. The summed E-state index contributed by atoms with van der Waals surface area (Å²) in [7, 11) is 5.24. The maximum atomic E-state index is 13.3. The number of rotatable bonds is 8. The molecule has 0 fully saturated rings. The summed E-state index contributed by atoms with van der Waals surface area (Å²) >= 11 is 1.45. The van der Waals surface area contributed by atoms with Crippen molar-refractivity contribution >= 4 is 51.0 Å². The Bertz CT molecular complexity index is 1040. The molecule has 0 spiro atoms.